The van der Waals surface area contributed by atoms with E-state index in [9.17, 15) is 9.59 Å². The van der Waals surface area contributed by atoms with E-state index in [1.54, 1.807) is 12.1 Å². The highest BCUT2D eigenvalue weighted by Gasteiger charge is 2.20. The third kappa shape index (κ3) is 5.20. The number of amides is 2. The summed E-state index contributed by atoms with van der Waals surface area (Å²) < 4.78 is 5.52. The minimum Gasteiger partial charge on any atom is -0.378 e. The van der Waals surface area contributed by atoms with Crippen LogP contribution in [0, 0.1) is 0 Å². The molecule has 148 valence electrons. The van der Waals surface area contributed by atoms with Gasteiger partial charge in [-0.25, -0.2) is 0 Å². The quantitative estimate of drug-likeness (QED) is 0.787. The van der Waals surface area contributed by atoms with Crippen LogP contribution in [0.3, 0.4) is 0 Å². The van der Waals surface area contributed by atoms with Crippen molar-refractivity contribution in [3.05, 3.63) is 59.7 Å². The van der Waals surface area contributed by atoms with E-state index in [2.05, 4.69) is 31.4 Å². The minimum absolute atomic E-state index is 0.0110. The van der Waals surface area contributed by atoms with Gasteiger partial charge in [-0.05, 0) is 48.1 Å². The van der Waals surface area contributed by atoms with E-state index < -0.39 is 0 Å². The van der Waals surface area contributed by atoms with Crippen LogP contribution < -0.4 is 10.6 Å². The molecule has 1 atom stereocenters. The molecule has 0 aromatic heterocycles. The second kappa shape index (κ2) is 8.57. The SMILES string of the molecule is CC(C)(C)c1ccc(C(=O)Nc2ccccc2NC(=O)CC2CCCO2)cc1. The van der Waals surface area contributed by atoms with Gasteiger partial charge in [0.1, 0.15) is 0 Å². The second-order valence-corrected chi connectivity index (χ2v) is 8.21. The first-order valence-electron chi connectivity index (χ1n) is 9.75. The van der Waals surface area contributed by atoms with Gasteiger partial charge in [-0.15, -0.1) is 0 Å². The molecule has 1 saturated heterocycles. The lowest BCUT2D eigenvalue weighted by atomic mass is 9.87. The van der Waals surface area contributed by atoms with Gasteiger partial charge in [-0.3, -0.25) is 9.59 Å². The largest absolute Gasteiger partial charge is 0.378 e. The van der Waals surface area contributed by atoms with E-state index in [1.807, 2.05) is 36.4 Å². The van der Waals surface area contributed by atoms with Crippen molar-refractivity contribution in [3.8, 4) is 0 Å². The first kappa shape index (κ1) is 20.1. The van der Waals surface area contributed by atoms with E-state index in [0.29, 0.717) is 23.4 Å². The molecule has 3 rings (SSSR count). The van der Waals surface area contributed by atoms with Crippen LogP contribution in [-0.2, 0) is 14.9 Å². The van der Waals surface area contributed by atoms with Gasteiger partial charge in [0.05, 0.1) is 23.9 Å². The van der Waals surface area contributed by atoms with Crippen LogP contribution in [0.1, 0.15) is 56.0 Å². The number of hydrogen-bond acceptors (Lipinski definition) is 3. The highest BCUT2D eigenvalue weighted by atomic mass is 16.5. The Hall–Kier alpha value is -2.66. The van der Waals surface area contributed by atoms with Crippen molar-refractivity contribution in [1.29, 1.82) is 0 Å². The average Bonchev–Trinajstić information content (AvgIpc) is 3.15. The van der Waals surface area contributed by atoms with Gasteiger partial charge in [0, 0.05) is 12.2 Å². The Morgan fingerprint density at radius 1 is 1.00 bits per heavy atom. The molecule has 2 aromatic carbocycles. The van der Waals surface area contributed by atoms with E-state index in [-0.39, 0.29) is 23.3 Å². The van der Waals surface area contributed by atoms with Crippen molar-refractivity contribution in [2.75, 3.05) is 17.2 Å². The molecule has 0 spiro atoms. The molecule has 2 N–H and O–H groups in total. The molecule has 0 bridgehead atoms. The number of para-hydroxylation sites is 2. The van der Waals surface area contributed by atoms with E-state index in [1.165, 1.54) is 5.56 Å². The van der Waals surface area contributed by atoms with Gasteiger partial charge < -0.3 is 15.4 Å². The van der Waals surface area contributed by atoms with Crippen LogP contribution >= 0.6 is 0 Å². The highest BCUT2D eigenvalue weighted by molar-refractivity contribution is 6.07. The van der Waals surface area contributed by atoms with Gasteiger partial charge >= 0.3 is 0 Å². The summed E-state index contributed by atoms with van der Waals surface area (Å²) in [5.41, 5.74) is 2.95. The maximum absolute atomic E-state index is 12.6. The van der Waals surface area contributed by atoms with Gasteiger partial charge in [0.15, 0.2) is 0 Å². The number of nitrogens with one attached hydrogen (secondary N) is 2. The number of rotatable bonds is 5. The maximum Gasteiger partial charge on any atom is 0.255 e. The number of anilines is 2. The lowest BCUT2D eigenvalue weighted by molar-refractivity contribution is -0.118. The Bertz CT molecular complexity index is 832. The fourth-order valence-corrected chi connectivity index (χ4v) is 3.23. The molecule has 1 heterocycles. The molecular weight excluding hydrogens is 352 g/mol. The summed E-state index contributed by atoms with van der Waals surface area (Å²) >= 11 is 0. The summed E-state index contributed by atoms with van der Waals surface area (Å²) in [6.07, 6.45) is 2.23. The topological polar surface area (TPSA) is 67.4 Å². The van der Waals surface area contributed by atoms with Crippen molar-refractivity contribution in [2.45, 2.75) is 51.6 Å². The molecule has 28 heavy (non-hydrogen) atoms. The van der Waals surface area contributed by atoms with Crippen molar-refractivity contribution in [2.24, 2.45) is 0 Å². The maximum atomic E-state index is 12.6. The number of carbonyl (C=O) groups excluding carboxylic acids is 2. The molecule has 1 aliphatic heterocycles. The molecule has 1 fully saturated rings. The Kier molecular flexibility index (Phi) is 6.15. The summed E-state index contributed by atoms with van der Waals surface area (Å²) in [5.74, 6) is -0.315. The summed E-state index contributed by atoms with van der Waals surface area (Å²) in [5, 5.41) is 5.79. The Morgan fingerprint density at radius 3 is 2.21 bits per heavy atom. The number of benzene rings is 2. The van der Waals surface area contributed by atoms with Gasteiger partial charge in [0.2, 0.25) is 5.91 Å². The molecule has 0 aliphatic carbocycles. The number of hydrogen-bond donors (Lipinski definition) is 2. The Morgan fingerprint density at radius 2 is 1.64 bits per heavy atom. The monoisotopic (exact) mass is 380 g/mol. The van der Waals surface area contributed by atoms with Crippen molar-refractivity contribution < 1.29 is 14.3 Å². The van der Waals surface area contributed by atoms with Crippen LogP contribution in [0.25, 0.3) is 0 Å². The van der Waals surface area contributed by atoms with Crippen LogP contribution in [0.15, 0.2) is 48.5 Å². The van der Waals surface area contributed by atoms with Gasteiger partial charge in [-0.1, -0.05) is 45.0 Å². The third-order valence-corrected chi connectivity index (χ3v) is 4.90. The normalized spacial score (nSPS) is 16.6. The lowest BCUT2D eigenvalue weighted by Gasteiger charge is -2.19. The standard InChI is InChI=1S/C23H28N2O3/c1-23(2,3)17-12-10-16(11-13-17)22(27)25-20-9-5-4-8-19(20)24-21(26)15-18-7-6-14-28-18/h4-5,8-13,18H,6-7,14-15H2,1-3H3,(H,24,26)(H,25,27). The molecule has 0 saturated carbocycles. The van der Waals surface area contributed by atoms with E-state index in [0.717, 1.165) is 19.4 Å². The molecule has 2 amide bonds. The lowest BCUT2D eigenvalue weighted by Crippen LogP contribution is -2.21. The Labute approximate surface area is 166 Å². The number of ether oxygens (including phenoxy) is 1. The number of carbonyl (C=O) groups is 2. The van der Waals surface area contributed by atoms with Crippen LogP contribution in [0.5, 0.6) is 0 Å². The summed E-state index contributed by atoms with van der Waals surface area (Å²) in [6, 6.07) is 14.8. The predicted octanol–water partition coefficient (Wildman–Crippen LogP) is 4.74. The molecule has 5 nitrogen and oxygen atoms in total. The van der Waals surface area contributed by atoms with Crippen molar-refractivity contribution >= 4 is 23.2 Å². The first-order chi connectivity index (χ1) is 13.3. The third-order valence-electron chi connectivity index (χ3n) is 4.90. The molecular formula is C23H28N2O3. The zero-order valence-electron chi connectivity index (χ0n) is 16.7. The van der Waals surface area contributed by atoms with E-state index >= 15 is 0 Å². The molecule has 2 aromatic rings. The predicted molar refractivity (Wildman–Crippen MR) is 112 cm³/mol. The van der Waals surface area contributed by atoms with Gasteiger partial charge in [-0.2, -0.15) is 0 Å². The summed E-state index contributed by atoms with van der Waals surface area (Å²) in [6.45, 7) is 7.13. The fourth-order valence-electron chi connectivity index (χ4n) is 3.23. The summed E-state index contributed by atoms with van der Waals surface area (Å²) in [7, 11) is 0. The van der Waals surface area contributed by atoms with E-state index in [4.69, 9.17) is 4.74 Å². The smallest absolute Gasteiger partial charge is 0.255 e. The molecule has 1 aliphatic rings. The minimum atomic E-state index is -0.207. The van der Waals surface area contributed by atoms with Crippen LogP contribution in [0.2, 0.25) is 0 Å². The highest BCUT2D eigenvalue weighted by Crippen LogP contribution is 2.25. The average molecular weight is 380 g/mol. The zero-order valence-corrected chi connectivity index (χ0v) is 16.7. The van der Waals surface area contributed by atoms with Crippen LogP contribution in [0.4, 0.5) is 11.4 Å². The zero-order chi connectivity index (χ0) is 20.1. The Balaban J connectivity index is 1.67. The van der Waals surface area contributed by atoms with Crippen molar-refractivity contribution in [3.63, 3.8) is 0 Å². The molecule has 0 radical (unpaired) electrons. The molecule has 1 unspecified atom stereocenters. The van der Waals surface area contributed by atoms with Crippen LogP contribution in [-0.4, -0.2) is 24.5 Å². The fraction of sp³-hybridized carbons (Fsp3) is 0.391. The second-order valence-electron chi connectivity index (χ2n) is 8.21. The molecule has 5 heteroatoms. The summed E-state index contributed by atoms with van der Waals surface area (Å²) in [4.78, 5) is 25.0. The first-order valence-corrected chi connectivity index (χ1v) is 9.75. The van der Waals surface area contributed by atoms with Crippen molar-refractivity contribution in [1.82, 2.24) is 0 Å². The van der Waals surface area contributed by atoms with Gasteiger partial charge in [0.25, 0.3) is 5.91 Å².